The van der Waals surface area contributed by atoms with E-state index in [0.717, 1.165) is 0 Å². The van der Waals surface area contributed by atoms with E-state index < -0.39 is 12.1 Å². The minimum atomic E-state index is -0.646. The van der Waals surface area contributed by atoms with Crippen molar-refractivity contribution in [1.29, 1.82) is 5.26 Å². The van der Waals surface area contributed by atoms with E-state index in [0.29, 0.717) is 37.6 Å². The summed E-state index contributed by atoms with van der Waals surface area (Å²) >= 11 is 0. The zero-order valence-electron chi connectivity index (χ0n) is 12.3. The number of hydrogen-bond acceptors (Lipinski definition) is 4. The fourth-order valence-corrected chi connectivity index (χ4v) is 2.16. The molecule has 7 heteroatoms. The fraction of sp³-hybridized carbons (Fsp3) is 0.400. The Labute approximate surface area is 128 Å². The Morgan fingerprint density at radius 3 is 2.68 bits per heavy atom. The molecule has 7 nitrogen and oxygen atoms in total. The molecule has 1 aromatic rings. The van der Waals surface area contributed by atoms with E-state index in [1.165, 1.54) is 0 Å². The van der Waals surface area contributed by atoms with Crippen LogP contribution in [0.2, 0.25) is 0 Å². The van der Waals surface area contributed by atoms with Gasteiger partial charge in [0.1, 0.15) is 12.1 Å². The number of benzene rings is 1. The molecule has 1 aromatic carbocycles. The lowest BCUT2D eigenvalue weighted by Gasteiger charge is -2.29. The maximum atomic E-state index is 12.2. The van der Waals surface area contributed by atoms with Crippen LogP contribution in [0.5, 0.6) is 0 Å². The molecule has 0 spiro atoms. The first kappa shape index (κ1) is 15.8. The predicted octanol–water partition coefficient (Wildman–Crippen LogP) is 0.927. The SMILES string of the molecule is CC(NC(=O)Nc1ccccc1C#N)C(=O)N1CCOCC1. The number of carbonyl (C=O) groups is 2. The van der Waals surface area contributed by atoms with Gasteiger partial charge in [0.05, 0.1) is 24.5 Å². The summed E-state index contributed by atoms with van der Waals surface area (Å²) in [5.74, 6) is -0.146. The molecule has 0 saturated carbocycles. The Hall–Kier alpha value is -2.59. The second kappa shape index (κ2) is 7.43. The van der Waals surface area contributed by atoms with Crippen molar-refractivity contribution >= 4 is 17.6 Å². The van der Waals surface area contributed by atoms with Gasteiger partial charge in [-0.05, 0) is 19.1 Å². The number of ether oxygens (including phenoxy) is 1. The lowest BCUT2D eigenvalue weighted by Crippen LogP contribution is -2.51. The number of carbonyl (C=O) groups excluding carboxylic acids is 2. The highest BCUT2D eigenvalue weighted by Gasteiger charge is 2.23. The zero-order chi connectivity index (χ0) is 15.9. The lowest BCUT2D eigenvalue weighted by atomic mass is 10.2. The number of nitriles is 1. The molecule has 22 heavy (non-hydrogen) atoms. The number of hydrogen-bond donors (Lipinski definition) is 2. The average Bonchev–Trinajstić information content (AvgIpc) is 2.55. The highest BCUT2D eigenvalue weighted by molar-refractivity contribution is 5.94. The fourth-order valence-electron chi connectivity index (χ4n) is 2.16. The molecule has 2 rings (SSSR count). The monoisotopic (exact) mass is 302 g/mol. The maximum Gasteiger partial charge on any atom is 0.319 e. The summed E-state index contributed by atoms with van der Waals surface area (Å²) in [6.07, 6.45) is 0. The number of rotatable bonds is 3. The zero-order valence-corrected chi connectivity index (χ0v) is 12.3. The number of anilines is 1. The van der Waals surface area contributed by atoms with Gasteiger partial charge in [-0.3, -0.25) is 4.79 Å². The third-order valence-corrected chi connectivity index (χ3v) is 3.34. The Balaban J connectivity index is 1.91. The molecular formula is C15H18N4O3. The Kier molecular flexibility index (Phi) is 5.33. The van der Waals surface area contributed by atoms with Crippen LogP contribution in [0.3, 0.4) is 0 Å². The molecule has 116 valence electrons. The minimum absolute atomic E-state index is 0.146. The Bertz CT molecular complexity index is 591. The van der Waals surface area contributed by atoms with Crippen molar-refractivity contribution in [2.75, 3.05) is 31.6 Å². The predicted molar refractivity (Wildman–Crippen MR) is 80.2 cm³/mol. The van der Waals surface area contributed by atoms with Crippen molar-refractivity contribution in [3.05, 3.63) is 29.8 Å². The van der Waals surface area contributed by atoms with Gasteiger partial charge in [0.15, 0.2) is 0 Å². The van der Waals surface area contributed by atoms with Gasteiger partial charge < -0.3 is 20.3 Å². The van der Waals surface area contributed by atoms with E-state index in [9.17, 15) is 9.59 Å². The van der Waals surface area contributed by atoms with Gasteiger partial charge in [0, 0.05) is 13.1 Å². The van der Waals surface area contributed by atoms with Gasteiger partial charge in [-0.15, -0.1) is 0 Å². The summed E-state index contributed by atoms with van der Waals surface area (Å²) in [5.41, 5.74) is 0.776. The van der Waals surface area contributed by atoms with E-state index >= 15 is 0 Å². The molecule has 3 amide bonds. The Morgan fingerprint density at radius 1 is 1.32 bits per heavy atom. The number of amides is 3. The van der Waals surface area contributed by atoms with Crippen LogP contribution in [0.15, 0.2) is 24.3 Å². The van der Waals surface area contributed by atoms with Gasteiger partial charge in [-0.25, -0.2) is 4.79 Å². The van der Waals surface area contributed by atoms with Crippen LogP contribution in [0.1, 0.15) is 12.5 Å². The van der Waals surface area contributed by atoms with E-state index in [2.05, 4.69) is 10.6 Å². The molecule has 0 bridgehead atoms. The first-order valence-electron chi connectivity index (χ1n) is 7.05. The molecule has 1 fully saturated rings. The number of nitrogens with zero attached hydrogens (tertiary/aromatic N) is 2. The third kappa shape index (κ3) is 3.96. The lowest BCUT2D eigenvalue weighted by molar-refractivity contribution is -0.136. The highest BCUT2D eigenvalue weighted by Crippen LogP contribution is 2.13. The standard InChI is InChI=1S/C15H18N4O3/c1-11(14(20)19-6-8-22-9-7-19)17-15(21)18-13-5-3-2-4-12(13)10-16/h2-5,11H,6-9H2,1H3,(H2,17,18,21). The molecule has 1 heterocycles. The minimum Gasteiger partial charge on any atom is -0.378 e. The van der Waals surface area contributed by atoms with Crippen molar-refractivity contribution in [1.82, 2.24) is 10.2 Å². The summed E-state index contributed by atoms with van der Waals surface area (Å²) in [7, 11) is 0. The van der Waals surface area contributed by atoms with Crippen molar-refractivity contribution in [2.24, 2.45) is 0 Å². The normalized spacial score (nSPS) is 15.5. The maximum absolute atomic E-state index is 12.2. The quantitative estimate of drug-likeness (QED) is 0.868. The van der Waals surface area contributed by atoms with E-state index in [4.69, 9.17) is 10.00 Å². The number of morpholine rings is 1. The number of para-hydroxylation sites is 1. The smallest absolute Gasteiger partial charge is 0.319 e. The van der Waals surface area contributed by atoms with Crippen LogP contribution in [-0.4, -0.2) is 49.2 Å². The van der Waals surface area contributed by atoms with Crippen molar-refractivity contribution < 1.29 is 14.3 Å². The summed E-state index contributed by atoms with van der Waals surface area (Å²) in [6.45, 7) is 3.72. The van der Waals surface area contributed by atoms with Crippen LogP contribution >= 0.6 is 0 Å². The van der Waals surface area contributed by atoms with Crippen LogP contribution in [0.25, 0.3) is 0 Å². The van der Waals surface area contributed by atoms with Crippen molar-refractivity contribution in [2.45, 2.75) is 13.0 Å². The van der Waals surface area contributed by atoms with Crippen LogP contribution in [0.4, 0.5) is 10.5 Å². The summed E-state index contributed by atoms with van der Waals surface area (Å²) in [6, 6.07) is 7.51. The molecule has 1 atom stereocenters. The molecule has 1 aliphatic rings. The summed E-state index contributed by atoms with van der Waals surface area (Å²) in [4.78, 5) is 25.8. The average molecular weight is 302 g/mol. The van der Waals surface area contributed by atoms with Crippen LogP contribution in [-0.2, 0) is 9.53 Å². The molecule has 0 aliphatic carbocycles. The molecule has 0 radical (unpaired) electrons. The van der Waals surface area contributed by atoms with Crippen LogP contribution < -0.4 is 10.6 Å². The first-order chi connectivity index (χ1) is 10.6. The van der Waals surface area contributed by atoms with E-state index in [1.807, 2.05) is 6.07 Å². The molecular weight excluding hydrogens is 284 g/mol. The number of urea groups is 1. The topological polar surface area (TPSA) is 94.5 Å². The van der Waals surface area contributed by atoms with Gasteiger partial charge in [-0.1, -0.05) is 12.1 Å². The largest absolute Gasteiger partial charge is 0.378 e. The van der Waals surface area contributed by atoms with E-state index in [-0.39, 0.29) is 5.91 Å². The van der Waals surface area contributed by atoms with Crippen LogP contribution in [0, 0.1) is 11.3 Å². The molecule has 1 saturated heterocycles. The second-order valence-electron chi connectivity index (χ2n) is 4.92. The van der Waals surface area contributed by atoms with Gasteiger partial charge >= 0.3 is 6.03 Å². The Morgan fingerprint density at radius 2 is 2.00 bits per heavy atom. The van der Waals surface area contributed by atoms with Crippen molar-refractivity contribution in [3.8, 4) is 6.07 Å². The highest BCUT2D eigenvalue weighted by atomic mass is 16.5. The van der Waals surface area contributed by atoms with Gasteiger partial charge in [-0.2, -0.15) is 5.26 Å². The molecule has 1 unspecified atom stereocenters. The van der Waals surface area contributed by atoms with Gasteiger partial charge in [0.2, 0.25) is 5.91 Å². The van der Waals surface area contributed by atoms with Crippen molar-refractivity contribution in [3.63, 3.8) is 0 Å². The summed E-state index contributed by atoms with van der Waals surface area (Å²) < 4.78 is 5.19. The third-order valence-electron chi connectivity index (χ3n) is 3.34. The molecule has 0 aromatic heterocycles. The van der Waals surface area contributed by atoms with Gasteiger partial charge in [0.25, 0.3) is 0 Å². The first-order valence-corrected chi connectivity index (χ1v) is 7.05. The second-order valence-corrected chi connectivity index (χ2v) is 4.92. The molecule has 2 N–H and O–H groups in total. The number of nitrogens with one attached hydrogen (secondary N) is 2. The summed E-state index contributed by atoms with van der Waals surface area (Å²) in [5, 5.41) is 14.1. The molecule has 1 aliphatic heterocycles. The van der Waals surface area contributed by atoms with E-state index in [1.54, 1.807) is 36.1 Å².